The van der Waals surface area contributed by atoms with E-state index in [4.69, 9.17) is 4.42 Å². The Hall–Kier alpha value is -6.90. The van der Waals surface area contributed by atoms with Crippen molar-refractivity contribution in [2.24, 2.45) is 0 Å². The van der Waals surface area contributed by atoms with E-state index in [0.29, 0.717) is 0 Å². The van der Waals surface area contributed by atoms with Crippen molar-refractivity contribution in [3.8, 4) is 33.4 Å². The molecule has 0 saturated carbocycles. The summed E-state index contributed by atoms with van der Waals surface area (Å²) in [6, 6.07) is 71.4. The van der Waals surface area contributed by atoms with Crippen LogP contribution in [0.25, 0.3) is 76.9 Å². The average Bonchev–Trinajstić information content (AvgIpc) is 3.61. The molecule has 10 aromatic rings. The smallest absolute Gasteiger partial charge is 0.159 e. The Labute approximate surface area is 302 Å². The van der Waals surface area contributed by atoms with Crippen LogP contribution in [0.15, 0.2) is 205 Å². The number of anilines is 3. The maximum Gasteiger partial charge on any atom is 0.159 e. The van der Waals surface area contributed by atoms with Gasteiger partial charge in [-0.05, 0) is 79.9 Å². The number of fused-ring (bicyclic) bond motifs is 6. The Morgan fingerprint density at radius 2 is 0.846 bits per heavy atom. The summed E-state index contributed by atoms with van der Waals surface area (Å²) in [4.78, 5) is 2.37. The lowest BCUT2D eigenvalue weighted by Crippen LogP contribution is -2.11. The Bertz CT molecular complexity index is 2870. The lowest BCUT2D eigenvalue weighted by Gasteiger charge is -2.27. The fourth-order valence-corrected chi connectivity index (χ4v) is 7.87. The summed E-state index contributed by atoms with van der Waals surface area (Å²) in [6.45, 7) is 0. The van der Waals surface area contributed by atoms with E-state index in [9.17, 15) is 0 Å². The van der Waals surface area contributed by atoms with Crippen LogP contribution in [0.2, 0.25) is 0 Å². The molecule has 0 bridgehead atoms. The summed E-state index contributed by atoms with van der Waals surface area (Å²) < 4.78 is 7.03. The minimum Gasteiger partial charge on any atom is -0.454 e. The molecule has 0 amide bonds. The van der Waals surface area contributed by atoms with Crippen LogP contribution in [0.5, 0.6) is 0 Å². The summed E-state index contributed by atoms with van der Waals surface area (Å²) >= 11 is 0. The van der Waals surface area contributed by atoms with Gasteiger partial charge in [0, 0.05) is 21.8 Å². The van der Waals surface area contributed by atoms with Gasteiger partial charge in [-0.25, -0.2) is 0 Å². The van der Waals surface area contributed by atoms with Crippen LogP contribution in [0.1, 0.15) is 0 Å². The molecule has 0 saturated heterocycles. The van der Waals surface area contributed by atoms with Crippen LogP contribution in [0.4, 0.5) is 17.1 Å². The Kier molecular flexibility index (Phi) is 7.18. The second-order valence-electron chi connectivity index (χ2n) is 13.3. The molecule has 0 radical (unpaired) electrons. The summed E-state index contributed by atoms with van der Waals surface area (Å²) in [7, 11) is 0. The molecule has 2 heteroatoms. The topological polar surface area (TPSA) is 16.4 Å². The summed E-state index contributed by atoms with van der Waals surface area (Å²) in [6.07, 6.45) is 0. The van der Waals surface area contributed by atoms with Crippen LogP contribution in [0.3, 0.4) is 0 Å². The largest absolute Gasteiger partial charge is 0.454 e. The van der Waals surface area contributed by atoms with E-state index in [-0.39, 0.29) is 0 Å². The van der Waals surface area contributed by atoms with E-state index in [1.807, 2.05) is 0 Å². The maximum atomic E-state index is 7.03. The highest BCUT2D eigenvalue weighted by Crippen LogP contribution is 2.48. The fourth-order valence-electron chi connectivity index (χ4n) is 7.87. The van der Waals surface area contributed by atoms with Gasteiger partial charge < -0.3 is 9.32 Å². The zero-order valence-electron chi connectivity index (χ0n) is 28.4. The van der Waals surface area contributed by atoms with E-state index < -0.39 is 0 Å². The molecule has 2 nitrogen and oxygen atoms in total. The Morgan fingerprint density at radius 1 is 0.327 bits per heavy atom. The van der Waals surface area contributed by atoms with Crippen LogP contribution >= 0.6 is 0 Å². The molecule has 0 N–H and O–H groups in total. The van der Waals surface area contributed by atoms with E-state index in [0.717, 1.165) is 39.0 Å². The molecule has 1 heterocycles. The van der Waals surface area contributed by atoms with Gasteiger partial charge in [0.1, 0.15) is 5.58 Å². The average molecular weight is 664 g/mol. The third kappa shape index (κ3) is 4.96. The molecule has 0 aliphatic rings. The van der Waals surface area contributed by atoms with Crippen LogP contribution < -0.4 is 4.90 Å². The molecule has 10 rings (SSSR count). The number of nitrogens with zero attached hydrogens (tertiary/aromatic N) is 1. The number of hydrogen-bond donors (Lipinski definition) is 0. The van der Waals surface area contributed by atoms with Gasteiger partial charge in [-0.1, -0.05) is 170 Å². The third-order valence-corrected chi connectivity index (χ3v) is 10.3. The van der Waals surface area contributed by atoms with E-state index in [1.165, 1.54) is 54.9 Å². The molecule has 244 valence electrons. The van der Waals surface area contributed by atoms with Gasteiger partial charge in [0.15, 0.2) is 5.58 Å². The first-order valence-electron chi connectivity index (χ1n) is 17.8. The first kappa shape index (κ1) is 30.0. The number of furan rings is 1. The highest BCUT2D eigenvalue weighted by atomic mass is 16.3. The first-order chi connectivity index (χ1) is 25.8. The molecular formula is C50H33NO. The Morgan fingerprint density at radius 3 is 1.52 bits per heavy atom. The number of benzene rings is 9. The van der Waals surface area contributed by atoms with Crippen molar-refractivity contribution >= 4 is 60.5 Å². The number of hydrogen-bond acceptors (Lipinski definition) is 2. The van der Waals surface area contributed by atoms with Crippen molar-refractivity contribution in [3.05, 3.63) is 200 Å². The minimum atomic E-state index is 0.858. The standard InChI is InChI=1S/C50H33NO/c1-4-15-34(16-5-1)35-27-29-38(30-28-35)51(46-32-31-39(36-17-6-2-7-18-36)40-21-10-12-23-42(40)46)47-26-14-25-44-49-43-24-13-11-22-41(43)45(33-48(49)52-50(44)47)37-19-8-3-9-20-37/h1-33H. The SMILES string of the molecule is c1ccc(-c2ccc(N(c3ccc(-c4ccccc4)c4ccccc34)c3cccc4c3oc3cc(-c5ccccc5)c5ccccc5c34)cc2)cc1. The van der Waals surface area contributed by atoms with Gasteiger partial charge >= 0.3 is 0 Å². The fraction of sp³-hybridized carbons (Fsp3) is 0. The molecule has 52 heavy (non-hydrogen) atoms. The van der Waals surface area contributed by atoms with E-state index in [2.05, 4.69) is 205 Å². The normalized spacial score (nSPS) is 11.5. The lowest BCUT2D eigenvalue weighted by atomic mass is 9.94. The van der Waals surface area contributed by atoms with Crippen LogP contribution in [-0.4, -0.2) is 0 Å². The zero-order valence-corrected chi connectivity index (χ0v) is 28.4. The number of rotatable bonds is 6. The second kappa shape index (κ2) is 12.5. The molecule has 0 aliphatic heterocycles. The monoisotopic (exact) mass is 663 g/mol. The molecular weight excluding hydrogens is 631 g/mol. The molecule has 0 aliphatic carbocycles. The van der Waals surface area contributed by atoms with Crippen molar-refractivity contribution in [1.82, 2.24) is 0 Å². The molecule has 1 aromatic heterocycles. The van der Waals surface area contributed by atoms with Gasteiger partial charge in [-0.2, -0.15) is 0 Å². The number of para-hydroxylation sites is 1. The summed E-state index contributed by atoms with van der Waals surface area (Å²) in [5.41, 5.74) is 12.0. The van der Waals surface area contributed by atoms with E-state index in [1.54, 1.807) is 0 Å². The van der Waals surface area contributed by atoms with Gasteiger partial charge in [-0.3, -0.25) is 0 Å². The van der Waals surface area contributed by atoms with Gasteiger partial charge in [0.25, 0.3) is 0 Å². The van der Waals surface area contributed by atoms with Crippen molar-refractivity contribution < 1.29 is 4.42 Å². The molecule has 0 atom stereocenters. The molecule has 9 aromatic carbocycles. The van der Waals surface area contributed by atoms with Crippen LogP contribution in [0, 0.1) is 0 Å². The minimum absolute atomic E-state index is 0.858. The zero-order chi connectivity index (χ0) is 34.4. The first-order valence-corrected chi connectivity index (χ1v) is 17.8. The van der Waals surface area contributed by atoms with Gasteiger partial charge in [-0.15, -0.1) is 0 Å². The van der Waals surface area contributed by atoms with Crippen molar-refractivity contribution in [3.63, 3.8) is 0 Å². The van der Waals surface area contributed by atoms with Gasteiger partial charge in [0.2, 0.25) is 0 Å². The predicted molar refractivity (Wildman–Crippen MR) is 220 cm³/mol. The second-order valence-corrected chi connectivity index (χ2v) is 13.3. The predicted octanol–water partition coefficient (Wildman–Crippen LogP) is 14.4. The van der Waals surface area contributed by atoms with Crippen molar-refractivity contribution in [2.75, 3.05) is 4.90 Å². The molecule has 0 unspecified atom stereocenters. The van der Waals surface area contributed by atoms with Crippen molar-refractivity contribution in [1.29, 1.82) is 0 Å². The summed E-state index contributed by atoms with van der Waals surface area (Å²) in [5, 5.41) is 7.00. The Balaban J connectivity index is 1.24. The quantitative estimate of drug-likeness (QED) is 0.176. The maximum absolute atomic E-state index is 7.03. The molecule has 0 spiro atoms. The highest BCUT2D eigenvalue weighted by molar-refractivity contribution is 6.24. The van der Waals surface area contributed by atoms with Crippen molar-refractivity contribution in [2.45, 2.75) is 0 Å². The van der Waals surface area contributed by atoms with Gasteiger partial charge in [0.05, 0.1) is 11.4 Å². The van der Waals surface area contributed by atoms with Crippen LogP contribution in [-0.2, 0) is 0 Å². The highest BCUT2D eigenvalue weighted by Gasteiger charge is 2.23. The van der Waals surface area contributed by atoms with E-state index >= 15 is 0 Å². The lowest BCUT2D eigenvalue weighted by molar-refractivity contribution is 0.669. The molecule has 0 fully saturated rings. The third-order valence-electron chi connectivity index (χ3n) is 10.3. The summed E-state index contributed by atoms with van der Waals surface area (Å²) in [5.74, 6) is 0.